The van der Waals surface area contributed by atoms with Gasteiger partial charge in [0.2, 0.25) is 11.8 Å². The SMILES string of the molecule is CN(C(=O)CN(CC(=O)Nc1ccc(Oc2ccc(F)c(F)c2)cc1)Cc1ccco1)C1Cc2ccccc2C1. The summed E-state index contributed by atoms with van der Waals surface area (Å²) in [6.45, 7) is 0.322. The second-order valence-corrected chi connectivity index (χ2v) is 9.81. The van der Waals surface area contributed by atoms with E-state index in [0.29, 0.717) is 23.7 Å². The number of nitrogens with zero attached hydrogens (tertiary/aromatic N) is 2. The standard InChI is InChI=1S/C31H29F2N3O4/c1-35(24-15-21-5-2-3-6-22(21)16-24)31(38)20-36(18-27-7-4-14-39-27)19-30(37)34-23-8-10-25(11-9-23)40-26-12-13-28(32)29(33)17-26/h2-14,17,24H,15-16,18-20H2,1H3,(H,34,37). The average molecular weight is 546 g/mol. The first-order chi connectivity index (χ1) is 19.3. The number of benzene rings is 3. The number of anilines is 1. The van der Waals surface area contributed by atoms with Crippen LogP contribution in [-0.4, -0.2) is 47.8 Å². The lowest BCUT2D eigenvalue weighted by atomic mass is 10.1. The Morgan fingerprint density at radius 3 is 2.25 bits per heavy atom. The van der Waals surface area contributed by atoms with Gasteiger partial charge in [-0.1, -0.05) is 24.3 Å². The van der Waals surface area contributed by atoms with Crippen molar-refractivity contribution < 1.29 is 27.5 Å². The third-order valence-electron chi connectivity index (χ3n) is 6.92. The zero-order valence-electron chi connectivity index (χ0n) is 22.0. The molecule has 0 aliphatic heterocycles. The minimum Gasteiger partial charge on any atom is -0.468 e. The van der Waals surface area contributed by atoms with E-state index < -0.39 is 11.6 Å². The minimum atomic E-state index is -1.00. The number of amides is 2. The van der Waals surface area contributed by atoms with Gasteiger partial charge in [0.1, 0.15) is 17.3 Å². The van der Waals surface area contributed by atoms with Gasteiger partial charge in [-0.3, -0.25) is 14.5 Å². The molecule has 1 aliphatic carbocycles. The number of likely N-dealkylation sites (N-methyl/N-ethyl adjacent to an activating group) is 1. The Hall–Kier alpha value is -4.50. The fraction of sp³-hybridized carbons (Fsp3) is 0.226. The first-order valence-electron chi connectivity index (χ1n) is 12.9. The van der Waals surface area contributed by atoms with E-state index in [1.165, 1.54) is 17.2 Å². The van der Waals surface area contributed by atoms with Gasteiger partial charge >= 0.3 is 0 Å². The minimum absolute atomic E-state index is 0.0295. The zero-order chi connectivity index (χ0) is 28.1. The molecule has 1 aromatic heterocycles. The summed E-state index contributed by atoms with van der Waals surface area (Å²) in [6, 6.07) is 21.6. The molecule has 1 heterocycles. The molecule has 0 spiro atoms. The lowest BCUT2D eigenvalue weighted by Crippen LogP contribution is -2.45. The molecule has 7 nitrogen and oxygen atoms in total. The van der Waals surface area contributed by atoms with Crippen LogP contribution in [0.15, 0.2) is 89.5 Å². The molecule has 0 fully saturated rings. The molecule has 0 radical (unpaired) electrons. The Balaban J connectivity index is 1.18. The molecule has 0 unspecified atom stereocenters. The maximum Gasteiger partial charge on any atom is 0.238 e. The summed E-state index contributed by atoms with van der Waals surface area (Å²) in [4.78, 5) is 29.7. The molecule has 9 heteroatoms. The molecular weight excluding hydrogens is 516 g/mol. The number of fused-ring (bicyclic) bond motifs is 1. The molecule has 4 aromatic rings. The predicted molar refractivity (Wildman–Crippen MR) is 146 cm³/mol. The smallest absolute Gasteiger partial charge is 0.238 e. The van der Waals surface area contributed by atoms with Gasteiger partial charge in [-0.25, -0.2) is 8.78 Å². The Kier molecular flexibility index (Phi) is 8.21. The average Bonchev–Trinajstić information content (AvgIpc) is 3.61. The van der Waals surface area contributed by atoms with Crippen LogP contribution in [0.5, 0.6) is 11.5 Å². The van der Waals surface area contributed by atoms with Crippen LogP contribution in [0.1, 0.15) is 16.9 Å². The second kappa shape index (κ2) is 12.1. The first-order valence-corrected chi connectivity index (χ1v) is 12.9. The third-order valence-corrected chi connectivity index (χ3v) is 6.92. The van der Waals surface area contributed by atoms with Crippen LogP contribution in [0.2, 0.25) is 0 Å². The van der Waals surface area contributed by atoms with Gasteiger partial charge < -0.3 is 19.4 Å². The number of carbonyl (C=O) groups excluding carboxylic acids is 2. The van der Waals surface area contributed by atoms with Crippen LogP contribution in [-0.2, 0) is 29.0 Å². The van der Waals surface area contributed by atoms with Crippen molar-refractivity contribution in [2.24, 2.45) is 0 Å². The molecule has 0 atom stereocenters. The highest BCUT2D eigenvalue weighted by Gasteiger charge is 2.28. The van der Waals surface area contributed by atoms with Crippen molar-refractivity contribution in [1.82, 2.24) is 9.80 Å². The van der Waals surface area contributed by atoms with E-state index in [9.17, 15) is 18.4 Å². The summed E-state index contributed by atoms with van der Waals surface area (Å²) in [5.74, 6) is -1.13. The van der Waals surface area contributed by atoms with Crippen molar-refractivity contribution in [3.8, 4) is 11.5 Å². The maximum atomic E-state index is 13.4. The van der Waals surface area contributed by atoms with Crippen molar-refractivity contribution in [2.75, 3.05) is 25.5 Å². The van der Waals surface area contributed by atoms with Crippen molar-refractivity contribution in [3.05, 3.63) is 114 Å². The first kappa shape index (κ1) is 27.1. The van der Waals surface area contributed by atoms with Gasteiger partial charge in [0.15, 0.2) is 11.6 Å². The quantitative estimate of drug-likeness (QED) is 0.288. The Bertz CT molecular complexity index is 1450. The molecule has 1 aliphatic rings. The van der Waals surface area contributed by atoms with Gasteiger partial charge in [0, 0.05) is 24.8 Å². The van der Waals surface area contributed by atoms with E-state index in [1.807, 2.05) is 19.2 Å². The molecule has 2 amide bonds. The van der Waals surface area contributed by atoms with E-state index in [-0.39, 0.29) is 36.7 Å². The van der Waals surface area contributed by atoms with Crippen LogP contribution in [0.25, 0.3) is 0 Å². The Morgan fingerprint density at radius 1 is 0.900 bits per heavy atom. The molecule has 206 valence electrons. The molecule has 40 heavy (non-hydrogen) atoms. The van der Waals surface area contributed by atoms with Crippen LogP contribution in [0, 0.1) is 11.6 Å². The zero-order valence-corrected chi connectivity index (χ0v) is 22.0. The predicted octanol–water partition coefficient (Wildman–Crippen LogP) is 5.42. The number of hydrogen-bond donors (Lipinski definition) is 1. The Morgan fingerprint density at radius 2 is 1.60 bits per heavy atom. The van der Waals surface area contributed by atoms with Gasteiger partial charge in [-0.2, -0.15) is 0 Å². The normalized spacial score (nSPS) is 12.8. The van der Waals surface area contributed by atoms with E-state index in [1.54, 1.807) is 52.5 Å². The lowest BCUT2D eigenvalue weighted by molar-refractivity contribution is -0.133. The second-order valence-electron chi connectivity index (χ2n) is 9.81. The number of carbonyl (C=O) groups is 2. The van der Waals surface area contributed by atoms with Crippen LogP contribution in [0.4, 0.5) is 14.5 Å². The highest BCUT2D eigenvalue weighted by molar-refractivity contribution is 5.92. The van der Waals surface area contributed by atoms with E-state index in [2.05, 4.69) is 17.4 Å². The summed E-state index contributed by atoms with van der Waals surface area (Å²) < 4.78 is 37.6. The molecule has 1 N–H and O–H groups in total. The fourth-order valence-electron chi connectivity index (χ4n) is 4.79. The third kappa shape index (κ3) is 6.73. The fourth-order valence-corrected chi connectivity index (χ4v) is 4.79. The van der Waals surface area contributed by atoms with Gasteiger partial charge in [0.25, 0.3) is 0 Å². The topological polar surface area (TPSA) is 75.0 Å². The lowest BCUT2D eigenvalue weighted by Gasteiger charge is -2.28. The number of furan rings is 1. The van der Waals surface area contributed by atoms with Crippen LogP contribution >= 0.6 is 0 Å². The molecule has 5 rings (SSSR count). The van der Waals surface area contributed by atoms with Crippen molar-refractivity contribution in [1.29, 1.82) is 0 Å². The summed E-state index contributed by atoms with van der Waals surface area (Å²) in [5, 5.41) is 2.83. The monoisotopic (exact) mass is 545 g/mol. The number of rotatable bonds is 10. The highest BCUT2D eigenvalue weighted by Crippen LogP contribution is 2.26. The molecular formula is C31H29F2N3O4. The number of halogens is 2. The van der Waals surface area contributed by atoms with Crippen molar-refractivity contribution >= 4 is 17.5 Å². The van der Waals surface area contributed by atoms with E-state index in [4.69, 9.17) is 9.15 Å². The summed E-state index contributed by atoms with van der Waals surface area (Å²) in [7, 11) is 1.81. The largest absolute Gasteiger partial charge is 0.468 e. The summed E-state index contributed by atoms with van der Waals surface area (Å²) in [5.41, 5.74) is 3.05. The Labute approximate surface area is 231 Å². The molecule has 0 saturated carbocycles. The van der Waals surface area contributed by atoms with Crippen molar-refractivity contribution in [3.63, 3.8) is 0 Å². The number of ether oxygens (including phenoxy) is 1. The summed E-state index contributed by atoms with van der Waals surface area (Å²) in [6.07, 6.45) is 3.18. The van der Waals surface area contributed by atoms with E-state index >= 15 is 0 Å². The summed E-state index contributed by atoms with van der Waals surface area (Å²) >= 11 is 0. The van der Waals surface area contributed by atoms with Gasteiger partial charge in [0.05, 0.1) is 25.9 Å². The molecule has 3 aromatic carbocycles. The van der Waals surface area contributed by atoms with Crippen LogP contribution in [0.3, 0.4) is 0 Å². The van der Waals surface area contributed by atoms with Crippen molar-refractivity contribution in [2.45, 2.75) is 25.4 Å². The number of nitrogens with one attached hydrogen (secondary N) is 1. The maximum absolute atomic E-state index is 13.4. The van der Waals surface area contributed by atoms with Crippen LogP contribution < -0.4 is 10.1 Å². The molecule has 0 saturated heterocycles. The van der Waals surface area contributed by atoms with Gasteiger partial charge in [-0.15, -0.1) is 0 Å². The molecule has 0 bridgehead atoms. The van der Waals surface area contributed by atoms with E-state index in [0.717, 1.165) is 25.0 Å². The number of hydrogen-bond acceptors (Lipinski definition) is 5. The van der Waals surface area contributed by atoms with Gasteiger partial charge in [-0.05, 0) is 72.5 Å². The highest BCUT2D eigenvalue weighted by atomic mass is 19.2.